The minimum atomic E-state index is -4.63. The van der Waals surface area contributed by atoms with E-state index in [1.54, 1.807) is 0 Å². The van der Waals surface area contributed by atoms with Gasteiger partial charge in [0.05, 0.1) is 27.7 Å². The summed E-state index contributed by atoms with van der Waals surface area (Å²) in [7, 11) is 1.19. The van der Waals surface area contributed by atoms with Gasteiger partial charge in [-0.1, -0.05) is 296 Å². The van der Waals surface area contributed by atoms with Crippen LogP contribution in [0.15, 0.2) is 0 Å². The van der Waals surface area contributed by atoms with Crippen molar-refractivity contribution in [1.82, 2.24) is 0 Å². The van der Waals surface area contributed by atoms with Gasteiger partial charge in [0.25, 0.3) is 7.82 Å². The molecule has 0 aromatic heterocycles. The molecule has 70 heavy (non-hydrogen) atoms. The van der Waals surface area contributed by atoms with E-state index in [0.29, 0.717) is 17.4 Å². The molecule has 0 aromatic rings. The molecule has 0 aliphatic heterocycles. The van der Waals surface area contributed by atoms with Crippen LogP contribution < -0.4 is 4.89 Å². The van der Waals surface area contributed by atoms with E-state index < -0.39 is 26.5 Å². The fourth-order valence-electron chi connectivity index (χ4n) is 9.37. The van der Waals surface area contributed by atoms with Crippen LogP contribution in [0.2, 0.25) is 0 Å². The van der Waals surface area contributed by atoms with E-state index >= 15 is 0 Å². The van der Waals surface area contributed by atoms with Gasteiger partial charge in [-0.25, -0.2) is 0 Å². The number of unbranched alkanes of at least 4 members (excludes halogenated alkanes) is 44. The van der Waals surface area contributed by atoms with E-state index in [1.807, 2.05) is 21.1 Å². The summed E-state index contributed by atoms with van der Waals surface area (Å²) in [6, 6.07) is 0. The summed E-state index contributed by atoms with van der Waals surface area (Å²) in [5, 5.41) is 0. The van der Waals surface area contributed by atoms with Gasteiger partial charge in [0.2, 0.25) is 0 Å². The number of rotatable bonds is 58. The average Bonchev–Trinajstić information content (AvgIpc) is 3.32. The van der Waals surface area contributed by atoms with Crippen molar-refractivity contribution in [2.75, 3.05) is 47.5 Å². The van der Waals surface area contributed by atoms with Crippen molar-refractivity contribution < 1.29 is 42.1 Å². The molecule has 9 nitrogen and oxygen atoms in total. The summed E-state index contributed by atoms with van der Waals surface area (Å²) >= 11 is 0. The maximum Gasteiger partial charge on any atom is 0.306 e. The molecule has 0 rings (SSSR count). The fourth-order valence-corrected chi connectivity index (χ4v) is 10.1. The molecule has 0 heterocycles. The lowest BCUT2D eigenvalue weighted by Crippen LogP contribution is -2.37. The molecule has 0 spiro atoms. The lowest BCUT2D eigenvalue weighted by atomic mass is 10.0. The van der Waals surface area contributed by atoms with Crippen LogP contribution in [0.1, 0.15) is 322 Å². The number of carbonyl (C=O) groups excluding carboxylic acids is 2. The third-order valence-electron chi connectivity index (χ3n) is 14.1. The largest absolute Gasteiger partial charge is 0.756 e. The van der Waals surface area contributed by atoms with Gasteiger partial charge in [-0.05, 0) is 12.8 Å². The summed E-state index contributed by atoms with van der Waals surface area (Å²) in [4.78, 5) is 37.9. The molecule has 0 bridgehead atoms. The lowest BCUT2D eigenvalue weighted by Gasteiger charge is -2.28. The van der Waals surface area contributed by atoms with Crippen LogP contribution in [0.4, 0.5) is 0 Å². The summed E-state index contributed by atoms with van der Waals surface area (Å²) < 4.78 is 34.2. The monoisotopic (exact) mass is 1010 g/mol. The minimum Gasteiger partial charge on any atom is -0.756 e. The van der Waals surface area contributed by atoms with Crippen molar-refractivity contribution in [2.24, 2.45) is 0 Å². The van der Waals surface area contributed by atoms with Gasteiger partial charge in [-0.3, -0.25) is 14.2 Å². The Kier molecular flexibility index (Phi) is 52.1. The molecule has 418 valence electrons. The summed E-state index contributed by atoms with van der Waals surface area (Å²) in [5.74, 6) is -0.808. The summed E-state index contributed by atoms with van der Waals surface area (Å²) in [6.07, 6.45) is 60.2. The van der Waals surface area contributed by atoms with Gasteiger partial charge < -0.3 is 27.9 Å². The highest BCUT2D eigenvalue weighted by molar-refractivity contribution is 7.45. The van der Waals surface area contributed by atoms with Crippen LogP contribution in [0, 0.1) is 0 Å². The van der Waals surface area contributed by atoms with E-state index in [9.17, 15) is 19.0 Å². The number of phosphoric ester groups is 1. The first-order chi connectivity index (χ1) is 34.0. The number of nitrogens with zero attached hydrogens (tertiary/aromatic N) is 1. The van der Waals surface area contributed by atoms with Crippen molar-refractivity contribution >= 4 is 19.8 Å². The number of hydrogen-bond acceptors (Lipinski definition) is 8. The van der Waals surface area contributed by atoms with Crippen LogP contribution in [0.5, 0.6) is 0 Å². The van der Waals surface area contributed by atoms with Crippen molar-refractivity contribution in [3.8, 4) is 0 Å². The zero-order valence-corrected chi connectivity index (χ0v) is 48.4. The summed E-state index contributed by atoms with van der Waals surface area (Å²) in [5.41, 5.74) is 0. The molecule has 0 aliphatic rings. The second-order valence-electron chi connectivity index (χ2n) is 22.4. The molecule has 0 aromatic carbocycles. The molecule has 0 saturated heterocycles. The van der Waals surface area contributed by atoms with Gasteiger partial charge >= 0.3 is 11.9 Å². The number of phosphoric acid groups is 1. The van der Waals surface area contributed by atoms with Gasteiger partial charge in [0, 0.05) is 12.8 Å². The van der Waals surface area contributed by atoms with Crippen molar-refractivity contribution in [2.45, 2.75) is 328 Å². The molecule has 0 aliphatic carbocycles. The third kappa shape index (κ3) is 56.3. The van der Waals surface area contributed by atoms with Gasteiger partial charge in [-0.15, -0.1) is 0 Å². The Balaban J connectivity index is 4.05. The standard InChI is InChI=1S/C60H120NO8P/c1-6-8-10-12-14-16-18-20-22-24-26-27-28-29-30-31-32-33-35-37-39-41-43-45-47-49-51-53-60(63)69-58(57-68-70(64,65)67-55-54-61(3,4)5)56-66-59(62)52-50-48-46-44-42-40-38-36-34-25-23-21-19-17-15-13-11-9-7-2/h58H,6-57H2,1-5H3. The van der Waals surface area contributed by atoms with Crippen LogP contribution >= 0.6 is 7.82 Å². The number of quaternary nitrogens is 1. The Morgan fingerprint density at radius 1 is 0.386 bits per heavy atom. The lowest BCUT2D eigenvalue weighted by molar-refractivity contribution is -0.870. The predicted octanol–water partition coefficient (Wildman–Crippen LogP) is 18.4. The van der Waals surface area contributed by atoms with Crippen molar-refractivity contribution in [3.05, 3.63) is 0 Å². The zero-order valence-electron chi connectivity index (χ0n) is 47.5. The number of esters is 2. The molecular weight excluding hydrogens is 894 g/mol. The van der Waals surface area contributed by atoms with Crippen LogP contribution in [-0.2, 0) is 32.7 Å². The first-order valence-corrected chi connectivity index (χ1v) is 32.2. The number of carbonyl (C=O) groups is 2. The fraction of sp³-hybridized carbons (Fsp3) is 0.967. The Morgan fingerprint density at radius 2 is 0.643 bits per heavy atom. The molecule has 10 heteroatoms. The quantitative estimate of drug-likeness (QED) is 0.0256. The smallest absolute Gasteiger partial charge is 0.306 e. The van der Waals surface area contributed by atoms with E-state index in [4.69, 9.17) is 18.5 Å². The Bertz CT molecular complexity index is 1150. The first kappa shape index (κ1) is 69.0. The number of hydrogen-bond donors (Lipinski definition) is 0. The molecule has 0 saturated carbocycles. The van der Waals surface area contributed by atoms with Gasteiger partial charge in [0.1, 0.15) is 19.8 Å². The molecule has 0 fully saturated rings. The highest BCUT2D eigenvalue weighted by Gasteiger charge is 2.22. The molecule has 0 radical (unpaired) electrons. The van der Waals surface area contributed by atoms with Gasteiger partial charge in [0.15, 0.2) is 6.10 Å². The van der Waals surface area contributed by atoms with Crippen LogP contribution in [0.25, 0.3) is 0 Å². The minimum absolute atomic E-state index is 0.0250. The number of likely N-dealkylation sites (N-methyl/N-ethyl adjacent to an activating group) is 1. The van der Waals surface area contributed by atoms with E-state index in [2.05, 4.69) is 13.8 Å². The third-order valence-corrected chi connectivity index (χ3v) is 15.1. The van der Waals surface area contributed by atoms with E-state index in [-0.39, 0.29) is 32.0 Å². The normalized spacial score (nSPS) is 13.2. The van der Waals surface area contributed by atoms with Crippen LogP contribution in [-0.4, -0.2) is 70.0 Å². The second-order valence-corrected chi connectivity index (χ2v) is 23.9. The summed E-state index contributed by atoms with van der Waals surface area (Å²) in [6.45, 7) is 4.32. The van der Waals surface area contributed by atoms with E-state index in [0.717, 1.165) is 32.1 Å². The van der Waals surface area contributed by atoms with Crippen molar-refractivity contribution in [1.29, 1.82) is 0 Å². The first-order valence-electron chi connectivity index (χ1n) is 30.7. The second kappa shape index (κ2) is 52.9. The Labute approximate surface area is 435 Å². The van der Waals surface area contributed by atoms with Crippen molar-refractivity contribution in [3.63, 3.8) is 0 Å². The van der Waals surface area contributed by atoms with E-state index in [1.165, 1.54) is 257 Å². The Hall–Kier alpha value is -0.990. The maximum absolute atomic E-state index is 12.8. The molecule has 2 unspecified atom stereocenters. The molecule has 0 N–H and O–H groups in total. The average molecular weight is 1010 g/mol. The number of ether oxygens (including phenoxy) is 2. The molecule has 2 atom stereocenters. The molecular formula is C60H120NO8P. The SMILES string of the molecule is CCCCCCCCCCCCCCCCCCCCCCCCCCCCCC(=O)OC(COC(=O)CCCCCCCCCCCCCCCCCCCCC)COP(=O)([O-])OCC[N+](C)(C)C. The van der Waals surface area contributed by atoms with Crippen LogP contribution in [0.3, 0.4) is 0 Å². The molecule has 0 amide bonds. The Morgan fingerprint density at radius 3 is 0.914 bits per heavy atom. The predicted molar refractivity (Wildman–Crippen MR) is 296 cm³/mol. The topological polar surface area (TPSA) is 111 Å². The highest BCUT2D eigenvalue weighted by Crippen LogP contribution is 2.38. The van der Waals surface area contributed by atoms with Gasteiger partial charge in [-0.2, -0.15) is 0 Å². The highest BCUT2D eigenvalue weighted by atomic mass is 31.2. The zero-order chi connectivity index (χ0) is 51.3. The maximum atomic E-state index is 12.8.